The molecule has 0 unspecified atom stereocenters. The van der Waals surface area contributed by atoms with Crippen LogP contribution in [-0.4, -0.2) is 47.6 Å². The third kappa shape index (κ3) is 5.13. The summed E-state index contributed by atoms with van der Waals surface area (Å²) in [6.07, 6.45) is 1.97. The first-order chi connectivity index (χ1) is 11.5. The minimum Gasteiger partial charge on any atom is -0.326 e. The van der Waals surface area contributed by atoms with Crippen molar-refractivity contribution in [2.45, 2.75) is 13.3 Å². The molecule has 24 heavy (non-hydrogen) atoms. The smallest absolute Gasteiger partial charge is 0.276 e. The maximum Gasteiger partial charge on any atom is 0.276 e. The lowest BCUT2D eigenvalue weighted by Crippen LogP contribution is -2.20. The van der Waals surface area contributed by atoms with E-state index >= 15 is 0 Å². The molecule has 0 spiro atoms. The van der Waals surface area contributed by atoms with Gasteiger partial charge in [0.25, 0.3) is 5.91 Å². The monoisotopic (exact) mass is 327 g/mol. The second-order valence-electron chi connectivity index (χ2n) is 5.70. The number of nitrogens with zero attached hydrogens (tertiary/aromatic N) is 3. The highest BCUT2D eigenvalue weighted by molar-refractivity contribution is 6.03. The minimum absolute atomic E-state index is 0.0457. The van der Waals surface area contributed by atoms with Crippen LogP contribution in [0.3, 0.4) is 0 Å². The van der Waals surface area contributed by atoms with Crippen LogP contribution in [0.5, 0.6) is 0 Å². The molecule has 0 bridgehead atoms. The Kier molecular flexibility index (Phi) is 5.97. The number of nitrogens with one attached hydrogen (secondary N) is 2. The van der Waals surface area contributed by atoms with Crippen molar-refractivity contribution in [1.29, 1.82) is 0 Å². The lowest BCUT2D eigenvalue weighted by molar-refractivity contribution is -0.116. The molecule has 0 atom stereocenters. The highest BCUT2D eigenvalue weighted by atomic mass is 16.2. The SMILES string of the molecule is Cc1ccnnc1C(=O)Nc1ccc(NC(=O)CCN(C)C)cc1. The van der Waals surface area contributed by atoms with E-state index in [9.17, 15) is 9.59 Å². The van der Waals surface area contributed by atoms with Gasteiger partial charge >= 0.3 is 0 Å². The van der Waals surface area contributed by atoms with Crippen molar-refractivity contribution < 1.29 is 9.59 Å². The van der Waals surface area contributed by atoms with Gasteiger partial charge in [-0.25, -0.2) is 0 Å². The van der Waals surface area contributed by atoms with Gasteiger partial charge in [-0.3, -0.25) is 9.59 Å². The number of amides is 2. The number of carbonyl (C=O) groups is 2. The van der Waals surface area contributed by atoms with Gasteiger partial charge in [0.1, 0.15) is 0 Å². The van der Waals surface area contributed by atoms with Crippen LogP contribution in [0.1, 0.15) is 22.5 Å². The standard InChI is InChI=1S/C17H21N5O2/c1-12-8-10-18-21-16(12)17(24)20-14-6-4-13(5-7-14)19-15(23)9-11-22(2)3/h4-8,10H,9,11H2,1-3H3,(H,19,23)(H,20,24). The lowest BCUT2D eigenvalue weighted by Gasteiger charge is -2.10. The molecule has 1 heterocycles. The van der Waals surface area contributed by atoms with E-state index in [1.165, 1.54) is 0 Å². The number of aromatic nitrogens is 2. The van der Waals surface area contributed by atoms with Gasteiger partial charge in [0.15, 0.2) is 5.69 Å². The van der Waals surface area contributed by atoms with E-state index in [4.69, 9.17) is 0 Å². The summed E-state index contributed by atoms with van der Waals surface area (Å²) >= 11 is 0. The fourth-order valence-corrected chi connectivity index (χ4v) is 1.99. The predicted molar refractivity (Wildman–Crippen MR) is 93.0 cm³/mol. The molecule has 2 rings (SSSR count). The maximum absolute atomic E-state index is 12.2. The summed E-state index contributed by atoms with van der Waals surface area (Å²) in [5.74, 6) is -0.362. The first kappa shape index (κ1) is 17.6. The molecular weight excluding hydrogens is 306 g/mol. The molecule has 0 saturated heterocycles. The molecular formula is C17H21N5O2. The normalized spacial score (nSPS) is 10.5. The topological polar surface area (TPSA) is 87.2 Å². The van der Waals surface area contributed by atoms with Gasteiger partial charge in [0.05, 0.1) is 0 Å². The molecule has 2 aromatic rings. The van der Waals surface area contributed by atoms with Crippen LogP contribution in [0.15, 0.2) is 36.5 Å². The lowest BCUT2D eigenvalue weighted by atomic mass is 10.2. The number of aryl methyl sites for hydroxylation is 1. The maximum atomic E-state index is 12.2. The molecule has 0 aliphatic carbocycles. The quantitative estimate of drug-likeness (QED) is 0.846. The molecule has 0 aliphatic rings. The Morgan fingerprint density at radius 3 is 2.25 bits per heavy atom. The van der Waals surface area contributed by atoms with Crippen molar-refractivity contribution in [3.63, 3.8) is 0 Å². The summed E-state index contributed by atoms with van der Waals surface area (Å²) < 4.78 is 0. The van der Waals surface area contributed by atoms with Crippen LogP contribution in [0.25, 0.3) is 0 Å². The van der Waals surface area contributed by atoms with Crippen molar-refractivity contribution in [1.82, 2.24) is 15.1 Å². The Balaban J connectivity index is 1.93. The first-order valence-electron chi connectivity index (χ1n) is 7.60. The summed E-state index contributed by atoms with van der Waals surface area (Å²) in [5.41, 5.74) is 2.36. The van der Waals surface area contributed by atoms with Gasteiger partial charge < -0.3 is 15.5 Å². The van der Waals surface area contributed by atoms with Crippen molar-refractivity contribution >= 4 is 23.2 Å². The first-order valence-corrected chi connectivity index (χ1v) is 7.60. The van der Waals surface area contributed by atoms with Gasteiger partial charge in [-0.05, 0) is 56.9 Å². The minimum atomic E-state index is -0.316. The zero-order valence-corrected chi connectivity index (χ0v) is 14.0. The zero-order valence-electron chi connectivity index (χ0n) is 14.0. The molecule has 1 aromatic carbocycles. The molecule has 0 fully saturated rings. The highest BCUT2D eigenvalue weighted by Crippen LogP contribution is 2.15. The molecule has 1 aromatic heterocycles. The summed E-state index contributed by atoms with van der Waals surface area (Å²) in [6, 6.07) is 8.67. The van der Waals surface area contributed by atoms with Gasteiger partial charge in [-0.15, -0.1) is 5.10 Å². The second kappa shape index (κ2) is 8.16. The Morgan fingerprint density at radius 1 is 1.04 bits per heavy atom. The molecule has 126 valence electrons. The number of benzene rings is 1. The number of hydrogen-bond acceptors (Lipinski definition) is 5. The van der Waals surface area contributed by atoms with Gasteiger partial charge in [0.2, 0.25) is 5.91 Å². The molecule has 7 heteroatoms. The van der Waals surface area contributed by atoms with Crippen molar-refractivity contribution in [2.24, 2.45) is 0 Å². The summed E-state index contributed by atoms with van der Waals surface area (Å²) in [7, 11) is 3.84. The number of anilines is 2. The fourth-order valence-electron chi connectivity index (χ4n) is 1.99. The van der Waals surface area contributed by atoms with E-state index in [0.717, 1.165) is 5.56 Å². The van der Waals surface area contributed by atoms with Crippen LogP contribution in [-0.2, 0) is 4.79 Å². The van der Waals surface area contributed by atoms with E-state index in [1.54, 1.807) is 43.5 Å². The van der Waals surface area contributed by atoms with Crippen molar-refractivity contribution in [2.75, 3.05) is 31.3 Å². The van der Waals surface area contributed by atoms with Crippen LogP contribution in [0, 0.1) is 6.92 Å². The Morgan fingerprint density at radius 2 is 1.67 bits per heavy atom. The molecule has 2 N–H and O–H groups in total. The van der Waals surface area contributed by atoms with E-state index in [-0.39, 0.29) is 11.8 Å². The number of carbonyl (C=O) groups excluding carboxylic acids is 2. The average Bonchev–Trinajstić information content (AvgIpc) is 2.55. The molecule has 0 saturated carbocycles. The van der Waals surface area contributed by atoms with E-state index in [1.807, 2.05) is 19.0 Å². The van der Waals surface area contributed by atoms with Crippen molar-refractivity contribution in [3.8, 4) is 0 Å². The number of hydrogen-bond donors (Lipinski definition) is 2. The molecule has 7 nitrogen and oxygen atoms in total. The van der Waals surface area contributed by atoms with Gasteiger partial charge in [-0.1, -0.05) is 0 Å². The van der Waals surface area contributed by atoms with Gasteiger partial charge in [0, 0.05) is 30.5 Å². The molecule has 0 aliphatic heterocycles. The Hall–Kier alpha value is -2.80. The third-order valence-corrected chi connectivity index (χ3v) is 3.35. The van der Waals surface area contributed by atoms with E-state index in [2.05, 4.69) is 20.8 Å². The average molecular weight is 327 g/mol. The summed E-state index contributed by atoms with van der Waals surface area (Å²) in [5, 5.41) is 13.1. The van der Waals surface area contributed by atoms with Crippen LogP contribution in [0.2, 0.25) is 0 Å². The molecule has 2 amide bonds. The van der Waals surface area contributed by atoms with Crippen molar-refractivity contribution in [3.05, 3.63) is 47.8 Å². The third-order valence-electron chi connectivity index (χ3n) is 3.35. The largest absolute Gasteiger partial charge is 0.326 e. The zero-order chi connectivity index (χ0) is 17.5. The second-order valence-corrected chi connectivity index (χ2v) is 5.70. The highest BCUT2D eigenvalue weighted by Gasteiger charge is 2.11. The summed E-state index contributed by atoms with van der Waals surface area (Å²) in [4.78, 5) is 25.9. The van der Waals surface area contributed by atoms with Crippen LogP contribution in [0.4, 0.5) is 11.4 Å². The van der Waals surface area contributed by atoms with E-state index < -0.39 is 0 Å². The summed E-state index contributed by atoms with van der Waals surface area (Å²) in [6.45, 7) is 2.49. The fraction of sp³-hybridized carbons (Fsp3) is 0.294. The molecule has 0 radical (unpaired) electrons. The van der Waals surface area contributed by atoms with E-state index in [0.29, 0.717) is 30.0 Å². The number of rotatable bonds is 6. The predicted octanol–water partition coefficient (Wildman–Crippen LogP) is 1.93. The van der Waals surface area contributed by atoms with Crippen LogP contribution < -0.4 is 10.6 Å². The van der Waals surface area contributed by atoms with Crippen LogP contribution >= 0.6 is 0 Å². The Bertz CT molecular complexity index is 713. The van der Waals surface area contributed by atoms with Gasteiger partial charge in [-0.2, -0.15) is 5.10 Å². The Labute approximate surface area is 141 Å².